The zero-order valence-corrected chi connectivity index (χ0v) is 14.1. The van der Waals surface area contributed by atoms with Gasteiger partial charge in [-0.1, -0.05) is 6.07 Å². The highest BCUT2D eigenvalue weighted by Crippen LogP contribution is 2.40. The van der Waals surface area contributed by atoms with E-state index in [0.29, 0.717) is 13.2 Å². The molecule has 124 valence electrons. The SMILES string of the molecule is c1csc(C2=NCC3COCCN3c3cc4c(cc32)OCCO4)c1. The highest BCUT2D eigenvalue weighted by molar-refractivity contribution is 7.12. The second kappa shape index (κ2) is 5.79. The van der Waals surface area contributed by atoms with Crippen LogP contribution in [0, 0.1) is 0 Å². The summed E-state index contributed by atoms with van der Waals surface area (Å²) < 4.78 is 17.3. The molecular formula is C18H18N2O3S. The number of hydrogen-bond donors (Lipinski definition) is 0. The molecule has 3 aliphatic heterocycles. The van der Waals surface area contributed by atoms with Gasteiger partial charge < -0.3 is 19.1 Å². The first-order valence-electron chi connectivity index (χ1n) is 8.27. The van der Waals surface area contributed by atoms with Crippen LogP contribution in [0.4, 0.5) is 5.69 Å². The minimum Gasteiger partial charge on any atom is -0.486 e. The van der Waals surface area contributed by atoms with E-state index in [9.17, 15) is 0 Å². The second-order valence-corrected chi connectivity index (χ2v) is 7.05. The monoisotopic (exact) mass is 342 g/mol. The summed E-state index contributed by atoms with van der Waals surface area (Å²) in [5, 5.41) is 2.09. The molecule has 1 fully saturated rings. The van der Waals surface area contributed by atoms with Gasteiger partial charge in [0.1, 0.15) is 13.2 Å². The molecule has 1 saturated heterocycles. The molecule has 5 rings (SSSR count). The van der Waals surface area contributed by atoms with Crippen LogP contribution in [0.5, 0.6) is 11.5 Å². The molecule has 1 aromatic heterocycles. The first kappa shape index (κ1) is 14.3. The number of anilines is 1. The zero-order valence-electron chi connectivity index (χ0n) is 13.2. The van der Waals surface area contributed by atoms with Crippen LogP contribution in [0.3, 0.4) is 0 Å². The molecular weight excluding hydrogens is 324 g/mol. The predicted octanol–water partition coefficient (Wildman–Crippen LogP) is 2.58. The first-order valence-corrected chi connectivity index (χ1v) is 9.15. The quantitative estimate of drug-likeness (QED) is 0.799. The van der Waals surface area contributed by atoms with Gasteiger partial charge in [0.15, 0.2) is 11.5 Å². The minimum absolute atomic E-state index is 0.275. The van der Waals surface area contributed by atoms with Gasteiger partial charge in [-0.2, -0.15) is 0 Å². The molecule has 0 radical (unpaired) electrons. The Hall–Kier alpha value is -2.05. The van der Waals surface area contributed by atoms with Crippen LogP contribution in [0.1, 0.15) is 10.4 Å². The molecule has 0 N–H and O–H groups in total. The van der Waals surface area contributed by atoms with Gasteiger partial charge in [-0.3, -0.25) is 4.99 Å². The van der Waals surface area contributed by atoms with Crippen molar-refractivity contribution in [1.29, 1.82) is 0 Å². The number of rotatable bonds is 1. The van der Waals surface area contributed by atoms with Crippen molar-refractivity contribution in [3.05, 3.63) is 40.1 Å². The Kier molecular flexibility index (Phi) is 3.45. The van der Waals surface area contributed by atoms with Crippen LogP contribution in [-0.2, 0) is 4.74 Å². The smallest absolute Gasteiger partial charge is 0.163 e. The van der Waals surface area contributed by atoms with E-state index in [-0.39, 0.29) is 6.04 Å². The maximum atomic E-state index is 5.82. The Balaban J connectivity index is 1.70. The lowest BCUT2D eigenvalue weighted by Gasteiger charge is -2.36. The molecule has 6 heteroatoms. The van der Waals surface area contributed by atoms with Crippen molar-refractivity contribution in [2.45, 2.75) is 6.04 Å². The van der Waals surface area contributed by atoms with E-state index in [1.165, 1.54) is 10.6 Å². The van der Waals surface area contributed by atoms with Crippen molar-refractivity contribution >= 4 is 22.7 Å². The third-order valence-electron chi connectivity index (χ3n) is 4.67. The van der Waals surface area contributed by atoms with Gasteiger partial charge in [0.2, 0.25) is 0 Å². The third kappa shape index (κ3) is 2.29. The van der Waals surface area contributed by atoms with Crippen molar-refractivity contribution in [1.82, 2.24) is 0 Å². The summed E-state index contributed by atoms with van der Waals surface area (Å²) in [5.41, 5.74) is 3.36. The molecule has 4 heterocycles. The Bertz CT molecular complexity index is 788. The Morgan fingerprint density at radius 3 is 2.83 bits per heavy atom. The highest BCUT2D eigenvalue weighted by Gasteiger charge is 2.31. The van der Waals surface area contributed by atoms with Crippen molar-refractivity contribution in [3.63, 3.8) is 0 Å². The van der Waals surface area contributed by atoms with Crippen LogP contribution < -0.4 is 14.4 Å². The number of thiophene rings is 1. The van der Waals surface area contributed by atoms with Crippen LogP contribution in [0.25, 0.3) is 0 Å². The van der Waals surface area contributed by atoms with Crippen LogP contribution in [0.15, 0.2) is 34.6 Å². The number of hydrogen-bond acceptors (Lipinski definition) is 6. The largest absolute Gasteiger partial charge is 0.486 e. The molecule has 0 bridgehead atoms. The maximum Gasteiger partial charge on any atom is 0.163 e. The normalized spacial score (nSPS) is 22.2. The van der Waals surface area contributed by atoms with E-state index in [2.05, 4.69) is 34.5 Å². The molecule has 1 atom stereocenters. The average molecular weight is 342 g/mol. The van der Waals surface area contributed by atoms with E-state index in [1.54, 1.807) is 11.3 Å². The predicted molar refractivity (Wildman–Crippen MR) is 94.2 cm³/mol. The fraction of sp³-hybridized carbons (Fsp3) is 0.389. The average Bonchev–Trinajstić information content (AvgIpc) is 3.11. The lowest BCUT2D eigenvalue weighted by molar-refractivity contribution is 0.0965. The number of nitrogens with zero attached hydrogens (tertiary/aromatic N) is 2. The first-order chi connectivity index (χ1) is 11.9. The summed E-state index contributed by atoms with van der Waals surface area (Å²) in [6.07, 6.45) is 0. The van der Waals surface area contributed by atoms with E-state index in [4.69, 9.17) is 19.2 Å². The molecule has 24 heavy (non-hydrogen) atoms. The van der Waals surface area contributed by atoms with Gasteiger partial charge in [-0.15, -0.1) is 11.3 Å². The van der Waals surface area contributed by atoms with Crippen molar-refractivity contribution in [2.24, 2.45) is 4.99 Å². The van der Waals surface area contributed by atoms with Crippen LogP contribution in [-0.4, -0.2) is 51.3 Å². The number of ether oxygens (including phenoxy) is 3. The molecule has 0 amide bonds. The summed E-state index contributed by atoms with van der Waals surface area (Å²) in [6, 6.07) is 8.70. The summed E-state index contributed by atoms with van der Waals surface area (Å²) in [7, 11) is 0. The van der Waals surface area contributed by atoms with Gasteiger partial charge in [0.05, 0.1) is 42.1 Å². The Morgan fingerprint density at radius 2 is 2.00 bits per heavy atom. The van der Waals surface area contributed by atoms with E-state index in [0.717, 1.165) is 49.1 Å². The zero-order chi connectivity index (χ0) is 15.9. The number of benzene rings is 1. The molecule has 0 spiro atoms. The van der Waals surface area contributed by atoms with E-state index >= 15 is 0 Å². The highest BCUT2D eigenvalue weighted by atomic mass is 32.1. The fourth-order valence-corrected chi connectivity index (χ4v) is 4.28. The molecule has 1 unspecified atom stereocenters. The van der Waals surface area contributed by atoms with E-state index < -0.39 is 0 Å². The topological polar surface area (TPSA) is 43.3 Å². The maximum absolute atomic E-state index is 5.82. The van der Waals surface area contributed by atoms with Gasteiger partial charge in [-0.05, 0) is 17.5 Å². The van der Waals surface area contributed by atoms with Crippen molar-refractivity contribution in [3.8, 4) is 11.5 Å². The van der Waals surface area contributed by atoms with Crippen molar-refractivity contribution in [2.75, 3.05) is 44.4 Å². The standard InChI is InChI=1S/C18H18N2O3S/c1-2-17(24-7-1)18-13-8-15-16(23-6-5-22-15)9-14(13)20-3-4-21-11-12(20)10-19-18/h1-2,7-9,12H,3-6,10-11H2. The lowest BCUT2D eigenvalue weighted by Crippen LogP contribution is -2.47. The van der Waals surface area contributed by atoms with E-state index in [1.807, 2.05) is 0 Å². The third-order valence-corrected chi connectivity index (χ3v) is 5.54. The molecule has 0 aliphatic carbocycles. The summed E-state index contributed by atoms with van der Waals surface area (Å²) >= 11 is 1.72. The van der Waals surface area contributed by atoms with Crippen LogP contribution >= 0.6 is 11.3 Å². The van der Waals surface area contributed by atoms with Crippen LogP contribution in [0.2, 0.25) is 0 Å². The summed E-state index contributed by atoms with van der Waals surface area (Å²) in [5.74, 6) is 1.65. The Labute approximate surface area is 144 Å². The fourth-order valence-electron chi connectivity index (χ4n) is 3.53. The second-order valence-electron chi connectivity index (χ2n) is 6.10. The summed E-state index contributed by atoms with van der Waals surface area (Å²) in [4.78, 5) is 8.56. The molecule has 2 aromatic rings. The molecule has 5 nitrogen and oxygen atoms in total. The minimum atomic E-state index is 0.275. The number of morpholine rings is 1. The van der Waals surface area contributed by atoms with Gasteiger partial charge >= 0.3 is 0 Å². The molecule has 0 saturated carbocycles. The Morgan fingerprint density at radius 1 is 1.12 bits per heavy atom. The molecule has 3 aliphatic rings. The van der Waals surface area contributed by atoms with Gasteiger partial charge in [-0.25, -0.2) is 0 Å². The lowest BCUT2D eigenvalue weighted by atomic mass is 10.0. The van der Waals surface area contributed by atoms with Gasteiger partial charge in [0.25, 0.3) is 0 Å². The number of fused-ring (bicyclic) bond motifs is 4. The van der Waals surface area contributed by atoms with Crippen molar-refractivity contribution < 1.29 is 14.2 Å². The molecule has 1 aromatic carbocycles. The summed E-state index contributed by atoms with van der Waals surface area (Å²) in [6.45, 7) is 4.29. The van der Waals surface area contributed by atoms with Gasteiger partial charge in [0, 0.05) is 18.2 Å². The number of aliphatic imine (C=N–C) groups is 1.